The van der Waals surface area contributed by atoms with Crippen molar-refractivity contribution in [2.45, 2.75) is 6.92 Å². The largest absolute Gasteiger partial charge is 0.332 e. The van der Waals surface area contributed by atoms with Crippen molar-refractivity contribution < 1.29 is 0 Å². The van der Waals surface area contributed by atoms with Gasteiger partial charge < -0.3 is 0 Å². The van der Waals surface area contributed by atoms with E-state index in [1.165, 1.54) is 0 Å². The molecule has 0 spiro atoms. The van der Waals surface area contributed by atoms with E-state index in [-0.39, 0.29) is 0 Å². The van der Waals surface area contributed by atoms with E-state index in [4.69, 9.17) is 6.92 Å². The molecule has 0 heteroatoms. The molecular formula is C4H5+. The molecule has 20 valence electrons. The lowest BCUT2D eigenvalue weighted by Gasteiger charge is -1.44. The van der Waals surface area contributed by atoms with Gasteiger partial charge in [-0.15, -0.1) is 0 Å². The van der Waals surface area contributed by atoms with Gasteiger partial charge in [-0.1, -0.05) is 0 Å². The van der Waals surface area contributed by atoms with Crippen molar-refractivity contribution in [3.8, 4) is 0 Å². The summed E-state index contributed by atoms with van der Waals surface area (Å²) in [4.78, 5) is 0. The number of hydrogen-bond acceptors (Lipinski definition) is 0. The Morgan fingerprint density at radius 2 is 2.00 bits per heavy atom. The molecule has 0 N–H and O–H groups in total. The summed E-state index contributed by atoms with van der Waals surface area (Å²) < 4.78 is 0. The minimum Gasteiger partial charge on any atom is 0.00334 e. The molecular weight excluding hydrogens is 48.0 g/mol. The van der Waals surface area contributed by atoms with Gasteiger partial charge in [0, 0.05) is 13.5 Å². The highest BCUT2D eigenvalue weighted by molar-refractivity contribution is 4.90. The van der Waals surface area contributed by atoms with Crippen LogP contribution in [0.1, 0.15) is 6.92 Å². The van der Waals surface area contributed by atoms with E-state index in [0.717, 1.165) is 0 Å². The summed E-state index contributed by atoms with van der Waals surface area (Å²) >= 11 is 0. The molecule has 0 aromatic rings. The topological polar surface area (TPSA) is 0 Å². The molecule has 0 aromatic heterocycles. The van der Waals surface area contributed by atoms with Crippen molar-refractivity contribution >= 4 is 0 Å². The maximum Gasteiger partial charge on any atom is 0.332 e. The summed E-state index contributed by atoms with van der Waals surface area (Å²) in [7, 11) is 0. The van der Waals surface area contributed by atoms with Crippen molar-refractivity contribution in [3.05, 3.63) is 19.1 Å². The molecule has 0 aliphatic heterocycles. The first-order valence-corrected chi connectivity index (χ1v) is 1.10. The summed E-state index contributed by atoms with van der Waals surface area (Å²) in [5.41, 5.74) is 0.417. The smallest absolute Gasteiger partial charge is 0.00334 e. The van der Waals surface area contributed by atoms with Crippen LogP contribution in [0.5, 0.6) is 0 Å². The third-order valence-corrected chi connectivity index (χ3v) is 0. The fraction of sp³-hybridized carbons (Fsp3) is 0.250. The maximum absolute atomic E-state index is 6.39. The van der Waals surface area contributed by atoms with Gasteiger partial charge in [0.15, 0.2) is 5.57 Å². The second kappa shape index (κ2) is 0.993. The minimum absolute atomic E-state index is 0.417. The number of allylic oxidation sites excluding steroid dienone is 1. The van der Waals surface area contributed by atoms with E-state index in [9.17, 15) is 0 Å². The lowest BCUT2D eigenvalue weighted by molar-refractivity contribution is 1.58. The van der Waals surface area contributed by atoms with Gasteiger partial charge in [-0.3, -0.25) is 0 Å². The molecule has 0 nitrogen and oxygen atoms in total. The molecule has 0 fully saturated rings. The quantitative estimate of drug-likeness (QED) is 0.363. The van der Waals surface area contributed by atoms with Crippen LogP contribution in [-0.4, -0.2) is 0 Å². The van der Waals surface area contributed by atoms with E-state index in [1.54, 1.807) is 6.92 Å². The summed E-state index contributed by atoms with van der Waals surface area (Å²) in [5, 5.41) is 0. The molecule has 0 amide bonds. The molecule has 0 bridgehead atoms. The Hall–Kier alpha value is -0.390. The Labute approximate surface area is 27.1 Å². The normalized spacial score (nSPS) is 6.25. The highest BCUT2D eigenvalue weighted by Crippen LogP contribution is 1.72. The van der Waals surface area contributed by atoms with Gasteiger partial charge in [0.25, 0.3) is 0 Å². The van der Waals surface area contributed by atoms with Gasteiger partial charge in [0.1, 0.15) is 0 Å². The van der Waals surface area contributed by atoms with Crippen LogP contribution in [0.4, 0.5) is 0 Å². The first-order valence-electron chi connectivity index (χ1n) is 1.10. The first kappa shape index (κ1) is 3.61. The lowest BCUT2D eigenvalue weighted by atomic mass is 10.4. The average Bonchev–Trinajstić information content (AvgIpc) is 0.811. The zero-order chi connectivity index (χ0) is 3.58. The summed E-state index contributed by atoms with van der Waals surface area (Å²) in [6, 6.07) is 0. The van der Waals surface area contributed by atoms with E-state index in [2.05, 4.69) is 6.58 Å². The standard InChI is InChI=1S/C4H5/c1-4(2)3/h1H2,2H3/q+1. The third kappa shape index (κ3) is 3.94. The lowest BCUT2D eigenvalue weighted by Crippen LogP contribution is -1.44. The molecule has 4 heavy (non-hydrogen) atoms. The first-order chi connectivity index (χ1) is 1.73. The maximum atomic E-state index is 6.39. The molecule has 0 saturated carbocycles. The fourth-order valence-electron chi connectivity index (χ4n) is 0. The second-order valence-corrected chi connectivity index (χ2v) is 0.780. The Balaban J connectivity index is 2.80. The average molecular weight is 53.1 g/mol. The third-order valence-electron chi connectivity index (χ3n) is 0. The summed E-state index contributed by atoms with van der Waals surface area (Å²) in [6.07, 6.45) is 0. The van der Waals surface area contributed by atoms with Crippen LogP contribution in [0.3, 0.4) is 0 Å². The second-order valence-electron chi connectivity index (χ2n) is 0.780. The molecule has 0 aliphatic rings. The summed E-state index contributed by atoms with van der Waals surface area (Å²) in [5.74, 6) is 0. The van der Waals surface area contributed by atoms with Crippen molar-refractivity contribution in [1.82, 2.24) is 0 Å². The Bertz CT molecular complexity index is 23.0. The Morgan fingerprint density at radius 3 is 2.00 bits per heavy atom. The van der Waals surface area contributed by atoms with Crippen LogP contribution < -0.4 is 0 Å². The zero-order valence-corrected chi connectivity index (χ0v) is 2.71. The van der Waals surface area contributed by atoms with Gasteiger partial charge in [0.2, 0.25) is 0 Å². The van der Waals surface area contributed by atoms with Crippen LogP contribution in [0.25, 0.3) is 0 Å². The predicted molar refractivity (Wildman–Crippen MR) is 18.1 cm³/mol. The van der Waals surface area contributed by atoms with E-state index in [0.29, 0.717) is 5.57 Å². The van der Waals surface area contributed by atoms with Crippen molar-refractivity contribution in [2.75, 3.05) is 0 Å². The predicted octanol–water partition coefficient (Wildman–Crippen LogP) is 1.15. The van der Waals surface area contributed by atoms with Crippen LogP contribution in [0, 0.1) is 6.92 Å². The van der Waals surface area contributed by atoms with Gasteiger partial charge in [0.05, 0.1) is 0 Å². The molecule has 0 aromatic carbocycles. The molecule has 0 saturated heterocycles. The highest BCUT2D eigenvalue weighted by atomic mass is 13.6. The number of rotatable bonds is 0. The Kier molecular flexibility index (Phi) is 0.896. The van der Waals surface area contributed by atoms with Crippen LogP contribution in [0.15, 0.2) is 12.2 Å². The van der Waals surface area contributed by atoms with Gasteiger partial charge in [-0.2, -0.15) is 0 Å². The molecule has 0 unspecified atom stereocenters. The van der Waals surface area contributed by atoms with Crippen molar-refractivity contribution in [3.63, 3.8) is 0 Å². The van der Waals surface area contributed by atoms with Crippen molar-refractivity contribution in [2.24, 2.45) is 0 Å². The van der Waals surface area contributed by atoms with E-state index >= 15 is 0 Å². The molecule has 2 radical (unpaired) electrons. The van der Waals surface area contributed by atoms with Gasteiger partial charge in [-0.05, 0) is 0 Å². The van der Waals surface area contributed by atoms with Crippen molar-refractivity contribution in [1.29, 1.82) is 0 Å². The van der Waals surface area contributed by atoms with E-state index < -0.39 is 0 Å². The van der Waals surface area contributed by atoms with Gasteiger partial charge >= 0.3 is 6.92 Å². The van der Waals surface area contributed by atoms with E-state index in [1.807, 2.05) is 0 Å². The fourth-order valence-corrected chi connectivity index (χ4v) is 0. The molecule has 0 atom stereocenters. The minimum atomic E-state index is 0.417. The Morgan fingerprint density at radius 1 is 2.00 bits per heavy atom. The SMILES string of the molecule is [C+]C(=C)C. The highest BCUT2D eigenvalue weighted by Gasteiger charge is 1.74. The molecule has 0 aliphatic carbocycles. The monoisotopic (exact) mass is 53.0 g/mol. The summed E-state index contributed by atoms with van der Waals surface area (Å²) in [6.45, 7) is 11.2. The van der Waals surface area contributed by atoms with Crippen LogP contribution >= 0.6 is 0 Å². The van der Waals surface area contributed by atoms with Gasteiger partial charge in [-0.25, -0.2) is 0 Å². The zero-order valence-electron chi connectivity index (χ0n) is 2.71. The molecule has 0 rings (SSSR count). The molecule has 0 heterocycles. The van der Waals surface area contributed by atoms with Crippen LogP contribution in [-0.2, 0) is 0 Å². The van der Waals surface area contributed by atoms with Crippen LogP contribution in [0.2, 0.25) is 0 Å². The number of hydrogen-bond donors (Lipinski definition) is 0.